The summed E-state index contributed by atoms with van der Waals surface area (Å²) in [5.41, 5.74) is -0.0918. The van der Waals surface area contributed by atoms with Crippen LogP contribution in [0, 0.1) is 0 Å². The summed E-state index contributed by atoms with van der Waals surface area (Å²) < 4.78 is 40.6. The SMILES string of the molecule is CCOc1cc(C(=O)OC)cc(O)c1S(=O)(=O)O. The van der Waals surface area contributed by atoms with E-state index in [0.29, 0.717) is 0 Å². The third-order valence-electron chi connectivity index (χ3n) is 2.01. The fraction of sp³-hybridized carbons (Fsp3) is 0.300. The third-order valence-corrected chi connectivity index (χ3v) is 2.94. The number of aromatic hydroxyl groups is 1. The molecule has 100 valence electrons. The van der Waals surface area contributed by atoms with Crippen LogP contribution in [0.4, 0.5) is 0 Å². The molecule has 0 spiro atoms. The monoisotopic (exact) mass is 276 g/mol. The van der Waals surface area contributed by atoms with Gasteiger partial charge in [-0.05, 0) is 19.1 Å². The van der Waals surface area contributed by atoms with E-state index in [1.54, 1.807) is 6.92 Å². The Morgan fingerprint density at radius 2 is 2.00 bits per heavy atom. The van der Waals surface area contributed by atoms with E-state index in [4.69, 9.17) is 9.29 Å². The van der Waals surface area contributed by atoms with Gasteiger partial charge < -0.3 is 14.6 Å². The van der Waals surface area contributed by atoms with E-state index >= 15 is 0 Å². The lowest BCUT2D eigenvalue weighted by atomic mass is 10.2. The van der Waals surface area contributed by atoms with Crippen LogP contribution in [-0.2, 0) is 14.9 Å². The lowest BCUT2D eigenvalue weighted by Gasteiger charge is -2.11. The molecule has 2 N–H and O–H groups in total. The second kappa shape index (κ2) is 5.23. The number of carbonyl (C=O) groups excluding carboxylic acids is 1. The first-order valence-electron chi connectivity index (χ1n) is 4.86. The van der Waals surface area contributed by atoms with Crippen molar-refractivity contribution < 1.29 is 32.3 Å². The molecule has 0 aromatic heterocycles. The summed E-state index contributed by atoms with van der Waals surface area (Å²) in [6.07, 6.45) is 0. The van der Waals surface area contributed by atoms with E-state index < -0.39 is 26.7 Å². The van der Waals surface area contributed by atoms with E-state index in [0.717, 1.165) is 19.2 Å². The molecule has 1 aromatic rings. The zero-order valence-electron chi connectivity index (χ0n) is 9.71. The van der Waals surface area contributed by atoms with Crippen LogP contribution in [0.25, 0.3) is 0 Å². The van der Waals surface area contributed by atoms with Gasteiger partial charge in [0.05, 0.1) is 19.3 Å². The predicted molar refractivity (Wildman–Crippen MR) is 60.4 cm³/mol. The molecule has 0 amide bonds. The molecular formula is C10H12O7S. The molecule has 0 unspecified atom stereocenters. The molecule has 0 fully saturated rings. The number of carbonyl (C=O) groups is 1. The van der Waals surface area contributed by atoms with Gasteiger partial charge in [0.15, 0.2) is 4.90 Å². The summed E-state index contributed by atoms with van der Waals surface area (Å²) in [4.78, 5) is 10.5. The summed E-state index contributed by atoms with van der Waals surface area (Å²) in [5.74, 6) is -1.88. The molecule has 0 aliphatic carbocycles. The zero-order valence-corrected chi connectivity index (χ0v) is 10.5. The molecule has 0 saturated heterocycles. The van der Waals surface area contributed by atoms with Gasteiger partial charge in [0.1, 0.15) is 11.5 Å². The second-order valence-electron chi connectivity index (χ2n) is 3.22. The highest BCUT2D eigenvalue weighted by atomic mass is 32.2. The standard InChI is InChI=1S/C10H12O7S/c1-3-17-8-5-6(10(12)16-2)4-7(11)9(8)18(13,14)15/h4-5,11H,3H2,1-2H3,(H,13,14,15). The van der Waals surface area contributed by atoms with Crippen LogP contribution in [0.3, 0.4) is 0 Å². The molecule has 0 aliphatic rings. The van der Waals surface area contributed by atoms with Gasteiger partial charge in [0, 0.05) is 0 Å². The van der Waals surface area contributed by atoms with Crippen LogP contribution in [0.15, 0.2) is 17.0 Å². The highest BCUT2D eigenvalue weighted by Gasteiger charge is 2.24. The molecule has 0 bridgehead atoms. The number of hydrogen-bond donors (Lipinski definition) is 2. The normalized spacial score (nSPS) is 11.1. The zero-order chi connectivity index (χ0) is 13.9. The molecule has 0 atom stereocenters. The fourth-order valence-electron chi connectivity index (χ4n) is 1.35. The van der Waals surface area contributed by atoms with Crippen molar-refractivity contribution in [1.29, 1.82) is 0 Å². The van der Waals surface area contributed by atoms with Gasteiger partial charge in [-0.15, -0.1) is 0 Å². The maximum Gasteiger partial charge on any atom is 0.338 e. The predicted octanol–water partition coefficient (Wildman–Crippen LogP) is 0.824. The molecule has 0 heterocycles. The van der Waals surface area contributed by atoms with E-state index in [9.17, 15) is 18.3 Å². The van der Waals surface area contributed by atoms with Gasteiger partial charge in [-0.25, -0.2) is 4.79 Å². The van der Waals surface area contributed by atoms with Crippen molar-refractivity contribution in [2.75, 3.05) is 13.7 Å². The van der Waals surface area contributed by atoms with E-state index in [2.05, 4.69) is 4.74 Å². The lowest BCUT2D eigenvalue weighted by molar-refractivity contribution is 0.0599. The Balaban J connectivity index is 3.50. The van der Waals surface area contributed by atoms with Gasteiger partial charge in [-0.1, -0.05) is 0 Å². The first kappa shape index (κ1) is 14.3. The van der Waals surface area contributed by atoms with Crippen molar-refractivity contribution >= 4 is 16.1 Å². The first-order valence-corrected chi connectivity index (χ1v) is 6.30. The maximum atomic E-state index is 11.3. The molecule has 18 heavy (non-hydrogen) atoms. The summed E-state index contributed by atoms with van der Waals surface area (Å²) in [7, 11) is -3.53. The van der Waals surface area contributed by atoms with E-state index in [-0.39, 0.29) is 17.9 Å². The molecule has 0 radical (unpaired) electrons. The summed E-state index contributed by atoms with van der Waals surface area (Å²) in [6, 6.07) is 1.94. The second-order valence-corrected chi connectivity index (χ2v) is 4.58. The Kier molecular flexibility index (Phi) is 4.15. The van der Waals surface area contributed by atoms with Crippen LogP contribution in [0.1, 0.15) is 17.3 Å². The van der Waals surface area contributed by atoms with Gasteiger partial charge in [-0.3, -0.25) is 4.55 Å². The number of hydrogen-bond acceptors (Lipinski definition) is 6. The number of ether oxygens (including phenoxy) is 2. The minimum absolute atomic E-state index is 0.0899. The minimum atomic E-state index is -4.66. The minimum Gasteiger partial charge on any atom is -0.506 e. The largest absolute Gasteiger partial charge is 0.506 e. The van der Waals surface area contributed by atoms with E-state index in [1.165, 1.54) is 0 Å². The van der Waals surface area contributed by atoms with Crippen molar-refractivity contribution in [3.8, 4) is 11.5 Å². The van der Waals surface area contributed by atoms with Gasteiger partial charge in [0.25, 0.3) is 0 Å². The Morgan fingerprint density at radius 3 is 2.44 bits per heavy atom. The van der Waals surface area contributed by atoms with Crippen molar-refractivity contribution in [1.82, 2.24) is 0 Å². The Morgan fingerprint density at radius 1 is 1.39 bits per heavy atom. The topological polar surface area (TPSA) is 110 Å². The number of phenols is 1. The van der Waals surface area contributed by atoms with Gasteiger partial charge in [0.2, 0.25) is 0 Å². The van der Waals surface area contributed by atoms with Crippen LogP contribution < -0.4 is 4.74 Å². The first-order chi connectivity index (χ1) is 8.31. The molecule has 1 aromatic carbocycles. The average Bonchev–Trinajstić information content (AvgIpc) is 2.25. The smallest absolute Gasteiger partial charge is 0.338 e. The van der Waals surface area contributed by atoms with Crippen molar-refractivity contribution in [3.05, 3.63) is 17.7 Å². The maximum absolute atomic E-state index is 11.3. The van der Waals surface area contributed by atoms with Crippen LogP contribution in [-0.4, -0.2) is 37.8 Å². The fourth-order valence-corrected chi connectivity index (χ4v) is 2.04. The quantitative estimate of drug-likeness (QED) is 0.618. The van der Waals surface area contributed by atoms with Gasteiger partial charge in [-0.2, -0.15) is 8.42 Å². The Bertz CT molecular complexity index is 562. The number of rotatable bonds is 4. The summed E-state index contributed by atoms with van der Waals surface area (Å²) in [6.45, 7) is 1.67. The van der Waals surface area contributed by atoms with Crippen LogP contribution in [0.2, 0.25) is 0 Å². The van der Waals surface area contributed by atoms with E-state index in [1.807, 2.05) is 0 Å². The highest BCUT2D eigenvalue weighted by molar-refractivity contribution is 7.86. The molecular weight excluding hydrogens is 264 g/mol. The lowest BCUT2D eigenvalue weighted by Crippen LogP contribution is -2.07. The molecule has 7 nitrogen and oxygen atoms in total. The van der Waals surface area contributed by atoms with Crippen LogP contribution in [0.5, 0.6) is 11.5 Å². The number of esters is 1. The van der Waals surface area contributed by atoms with Crippen molar-refractivity contribution in [2.24, 2.45) is 0 Å². The third kappa shape index (κ3) is 2.90. The van der Waals surface area contributed by atoms with Crippen molar-refractivity contribution in [3.63, 3.8) is 0 Å². The summed E-state index contributed by atoms with van der Waals surface area (Å²) in [5, 5.41) is 9.55. The number of phenolic OH excluding ortho intramolecular Hbond substituents is 1. The van der Waals surface area contributed by atoms with Crippen molar-refractivity contribution in [2.45, 2.75) is 11.8 Å². The van der Waals surface area contributed by atoms with Crippen LogP contribution >= 0.6 is 0 Å². The average molecular weight is 276 g/mol. The Hall–Kier alpha value is -1.80. The molecule has 8 heteroatoms. The number of benzene rings is 1. The summed E-state index contributed by atoms with van der Waals surface area (Å²) >= 11 is 0. The Labute approximate surface area is 104 Å². The highest BCUT2D eigenvalue weighted by Crippen LogP contribution is 2.34. The number of methoxy groups -OCH3 is 1. The molecule has 0 aliphatic heterocycles. The molecule has 0 saturated carbocycles. The molecule has 1 rings (SSSR count). The van der Waals surface area contributed by atoms with Gasteiger partial charge >= 0.3 is 16.1 Å².